The minimum Gasteiger partial charge on any atom is -0.277 e. The second-order valence-electron chi connectivity index (χ2n) is 5.81. The fraction of sp³-hybridized carbons (Fsp3) is 0.167. The van der Waals surface area contributed by atoms with Crippen molar-refractivity contribution in [2.75, 3.05) is 11.4 Å². The number of nitrogens with zero attached hydrogens (tertiary/aromatic N) is 2. The van der Waals surface area contributed by atoms with Crippen LogP contribution in [0.4, 0.5) is 11.4 Å². The third-order valence-corrected chi connectivity index (χ3v) is 5.80. The number of carbonyl (C=O) groups is 3. The summed E-state index contributed by atoms with van der Waals surface area (Å²) in [5.74, 6) is -1.07. The van der Waals surface area contributed by atoms with Crippen LogP contribution in [0.5, 0.6) is 0 Å². The molecular formula is C18H14N2O4S. The number of benzene rings is 2. The number of fused-ring (bicyclic) bond motifs is 2. The van der Waals surface area contributed by atoms with E-state index in [9.17, 15) is 18.6 Å². The molecule has 0 aromatic heterocycles. The molecule has 0 spiro atoms. The molecule has 6 nitrogen and oxygen atoms in total. The smallest absolute Gasteiger partial charge is 0.251 e. The Kier molecular flexibility index (Phi) is 3.73. The van der Waals surface area contributed by atoms with Gasteiger partial charge in [0.05, 0.1) is 32.0 Å². The molecule has 126 valence electrons. The second kappa shape index (κ2) is 5.93. The Hall–Kier alpha value is -2.80. The Morgan fingerprint density at radius 1 is 0.880 bits per heavy atom. The number of amides is 3. The highest BCUT2D eigenvalue weighted by atomic mass is 32.2. The minimum absolute atomic E-state index is 0.142. The summed E-state index contributed by atoms with van der Waals surface area (Å²) in [5, 5.41) is 0. The summed E-state index contributed by atoms with van der Waals surface area (Å²) in [6.45, 7) is -0.313. The average molecular weight is 354 g/mol. The van der Waals surface area contributed by atoms with E-state index in [1.165, 1.54) is 4.90 Å². The Morgan fingerprint density at radius 3 is 1.88 bits per heavy atom. The van der Waals surface area contributed by atoms with Crippen LogP contribution in [0.15, 0.2) is 58.3 Å². The van der Waals surface area contributed by atoms with E-state index in [2.05, 4.69) is 0 Å². The van der Waals surface area contributed by atoms with Crippen molar-refractivity contribution in [2.24, 2.45) is 0 Å². The quantitative estimate of drug-likeness (QED) is 0.773. The first kappa shape index (κ1) is 15.7. The van der Waals surface area contributed by atoms with Crippen LogP contribution in [0.2, 0.25) is 0 Å². The highest BCUT2D eigenvalue weighted by Gasteiger charge is 2.36. The number of hydrogen-bond acceptors (Lipinski definition) is 4. The molecule has 2 aromatic rings. The monoisotopic (exact) mass is 354 g/mol. The molecular weight excluding hydrogens is 340 g/mol. The van der Waals surface area contributed by atoms with E-state index in [1.807, 2.05) is 0 Å². The Balaban J connectivity index is 1.78. The van der Waals surface area contributed by atoms with E-state index in [0.29, 0.717) is 21.2 Å². The standard InChI is InChI=1S/C18H14N2O4S/c21-16-9-10-17(22)19(16)11-18(23)20-12-5-1-3-7-14(12)25(24)15-8-4-2-6-13(15)20/h1-8H,9-11H2. The van der Waals surface area contributed by atoms with Crippen molar-refractivity contribution in [1.82, 2.24) is 4.90 Å². The first-order chi connectivity index (χ1) is 12.1. The summed E-state index contributed by atoms with van der Waals surface area (Å²) in [5.41, 5.74) is 1.03. The molecule has 0 saturated carbocycles. The van der Waals surface area contributed by atoms with E-state index in [0.717, 1.165) is 4.90 Å². The molecule has 1 fully saturated rings. The molecule has 4 rings (SSSR count). The molecule has 0 bridgehead atoms. The fourth-order valence-corrected chi connectivity index (χ4v) is 4.46. The van der Waals surface area contributed by atoms with Crippen molar-refractivity contribution >= 4 is 39.9 Å². The molecule has 0 radical (unpaired) electrons. The normalized spacial score (nSPS) is 16.8. The van der Waals surface area contributed by atoms with Gasteiger partial charge in [0, 0.05) is 12.8 Å². The zero-order chi connectivity index (χ0) is 17.6. The second-order valence-corrected chi connectivity index (χ2v) is 7.22. The average Bonchev–Trinajstić information content (AvgIpc) is 2.94. The van der Waals surface area contributed by atoms with Crippen molar-refractivity contribution < 1.29 is 18.6 Å². The van der Waals surface area contributed by atoms with Crippen LogP contribution in [0, 0.1) is 0 Å². The summed E-state index contributed by atoms with van der Waals surface area (Å²) in [6, 6.07) is 13.9. The Bertz CT molecular complexity index is 875. The number of para-hydroxylation sites is 2. The lowest BCUT2D eigenvalue weighted by molar-refractivity contribution is -0.141. The van der Waals surface area contributed by atoms with Crippen LogP contribution >= 0.6 is 0 Å². The minimum atomic E-state index is -1.39. The predicted octanol–water partition coefficient (Wildman–Crippen LogP) is 1.98. The maximum Gasteiger partial charge on any atom is 0.251 e. The van der Waals surface area contributed by atoms with Gasteiger partial charge in [0.15, 0.2) is 0 Å². The van der Waals surface area contributed by atoms with Crippen LogP contribution < -0.4 is 4.90 Å². The van der Waals surface area contributed by atoms with Gasteiger partial charge in [-0.2, -0.15) is 0 Å². The largest absolute Gasteiger partial charge is 0.277 e. The van der Waals surface area contributed by atoms with Crippen LogP contribution in [0.1, 0.15) is 12.8 Å². The number of hydrogen-bond donors (Lipinski definition) is 0. The van der Waals surface area contributed by atoms with Gasteiger partial charge >= 0.3 is 0 Å². The van der Waals surface area contributed by atoms with E-state index in [1.54, 1.807) is 48.5 Å². The fourth-order valence-electron chi connectivity index (χ4n) is 3.12. The van der Waals surface area contributed by atoms with Crippen molar-refractivity contribution in [3.63, 3.8) is 0 Å². The zero-order valence-electron chi connectivity index (χ0n) is 13.2. The lowest BCUT2D eigenvalue weighted by atomic mass is 10.2. The number of imide groups is 1. The van der Waals surface area contributed by atoms with E-state index in [4.69, 9.17) is 0 Å². The maximum absolute atomic E-state index is 13.0. The Labute approximate surface area is 146 Å². The summed E-state index contributed by atoms with van der Waals surface area (Å²) >= 11 is 0. The van der Waals surface area contributed by atoms with Crippen LogP contribution in [-0.4, -0.2) is 33.4 Å². The molecule has 0 N–H and O–H groups in total. The molecule has 2 aliphatic rings. The molecule has 25 heavy (non-hydrogen) atoms. The number of likely N-dealkylation sites (tertiary alicyclic amines) is 1. The van der Waals surface area contributed by atoms with Crippen LogP contribution in [0.3, 0.4) is 0 Å². The maximum atomic E-state index is 13.0. The highest BCUT2D eigenvalue weighted by Crippen LogP contribution is 2.41. The Morgan fingerprint density at radius 2 is 1.36 bits per heavy atom. The van der Waals surface area contributed by atoms with Gasteiger partial charge in [-0.25, -0.2) is 4.21 Å². The van der Waals surface area contributed by atoms with E-state index < -0.39 is 16.7 Å². The van der Waals surface area contributed by atoms with Gasteiger partial charge in [-0.3, -0.25) is 24.2 Å². The first-order valence-electron chi connectivity index (χ1n) is 7.84. The van der Waals surface area contributed by atoms with Crippen molar-refractivity contribution in [1.29, 1.82) is 0 Å². The molecule has 0 aliphatic carbocycles. The predicted molar refractivity (Wildman–Crippen MR) is 90.7 cm³/mol. The summed E-state index contributed by atoms with van der Waals surface area (Å²) < 4.78 is 12.8. The highest BCUT2D eigenvalue weighted by molar-refractivity contribution is 7.85. The topological polar surface area (TPSA) is 74.8 Å². The molecule has 2 heterocycles. The first-order valence-corrected chi connectivity index (χ1v) is 8.99. The molecule has 2 aliphatic heterocycles. The van der Waals surface area contributed by atoms with Gasteiger partial charge in [0.25, 0.3) is 5.91 Å². The number of anilines is 2. The van der Waals surface area contributed by atoms with Gasteiger partial charge in [-0.15, -0.1) is 0 Å². The lowest BCUT2D eigenvalue weighted by Gasteiger charge is -2.31. The van der Waals surface area contributed by atoms with Crippen LogP contribution in [-0.2, 0) is 25.2 Å². The van der Waals surface area contributed by atoms with Gasteiger partial charge in [0.2, 0.25) is 11.8 Å². The summed E-state index contributed by atoms with van der Waals surface area (Å²) in [6.07, 6.45) is 0.284. The summed E-state index contributed by atoms with van der Waals surface area (Å²) in [4.78, 5) is 40.1. The number of rotatable bonds is 2. The molecule has 0 unspecified atom stereocenters. The van der Waals surface area contributed by atoms with Crippen molar-refractivity contribution in [3.8, 4) is 0 Å². The SMILES string of the molecule is O=C1CCC(=O)N1CC(=O)N1c2ccccc2S(=O)c2ccccc21. The third-order valence-electron chi connectivity index (χ3n) is 4.31. The van der Waals surface area contributed by atoms with Gasteiger partial charge in [0.1, 0.15) is 6.54 Å². The molecule has 1 saturated heterocycles. The number of carbonyl (C=O) groups excluding carboxylic acids is 3. The third kappa shape index (κ3) is 2.47. The van der Waals surface area contributed by atoms with Crippen LogP contribution in [0.25, 0.3) is 0 Å². The summed E-state index contributed by atoms with van der Waals surface area (Å²) in [7, 11) is -1.39. The van der Waals surface area contributed by atoms with Gasteiger partial charge < -0.3 is 0 Å². The molecule has 0 atom stereocenters. The zero-order valence-corrected chi connectivity index (χ0v) is 14.0. The van der Waals surface area contributed by atoms with Gasteiger partial charge in [-0.1, -0.05) is 24.3 Å². The van der Waals surface area contributed by atoms with E-state index in [-0.39, 0.29) is 31.2 Å². The molecule has 2 aromatic carbocycles. The molecule has 3 amide bonds. The van der Waals surface area contributed by atoms with E-state index >= 15 is 0 Å². The lowest BCUT2D eigenvalue weighted by Crippen LogP contribution is -2.42. The molecule has 7 heteroatoms. The van der Waals surface area contributed by atoms with Crippen molar-refractivity contribution in [2.45, 2.75) is 22.6 Å². The van der Waals surface area contributed by atoms with Gasteiger partial charge in [-0.05, 0) is 24.3 Å². The van der Waals surface area contributed by atoms with Crippen molar-refractivity contribution in [3.05, 3.63) is 48.5 Å².